The second-order valence-corrected chi connectivity index (χ2v) is 9.27. The van der Waals surface area contributed by atoms with E-state index < -0.39 is 40.2 Å². The first-order valence-corrected chi connectivity index (χ1v) is 11.1. The lowest BCUT2D eigenvalue weighted by atomic mass is 9.88. The largest absolute Gasteiger partial charge is 0.434 e. The fraction of sp³-hybridized carbons (Fsp3) is 0.300. The molecule has 0 radical (unpaired) electrons. The Labute approximate surface area is 183 Å². The van der Waals surface area contributed by atoms with Gasteiger partial charge in [0.15, 0.2) is 0 Å². The zero-order valence-electron chi connectivity index (χ0n) is 16.9. The summed E-state index contributed by atoms with van der Waals surface area (Å²) < 4.78 is 48.5. The van der Waals surface area contributed by atoms with Gasteiger partial charge in [0.25, 0.3) is 0 Å². The van der Waals surface area contributed by atoms with Gasteiger partial charge in [-0.3, -0.25) is 0 Å². The third-order valence-electron chi connectivity index (χ3n) is 5.17. The summed E-state index contributed by atoms with van der Waals surface area (Å²) in [6.45, 7) is 4.56. The van der Waals surface area contributed by atoms with Crippen molar-refractivity contribution in [2.24, 2.45) is 0 Å². The summed E-state index contributed by atoms with van der Waals surface area (Å²) in [6.07, 6.45) is 0. The lowest BCUT2D eigenvalue weighted by Gasteiger charge is -2.25. The van der Waals surface area contributed by atoms with Crippen LogP contribution in [0.1, 0.15) is 47.0 Å². The number of nitrogens with one attached hydrogen (secondary N) is 2. The smallest absolute Gasteiger partial charge is 0.392 e. The minimum absolute atomic E-state index is 0.0767. The fourth-order valence-electron chi connectivity index (χ4n) is 3.44. The molecule has 2 atom stereocenters. The molecular formula is C20H21ClFN3O5S. The van der Waals surface area contributed by atoms with E-state index >= 15 is 0 Å². The van der Waals surface area contributed by atoms with Gasteiger partial charge in [-0.25, -0.2) is 22.7 Å². The molecule has 0 spiro atoms. The molecule has 0 unspecified atom stereocenters. The predicted molar refractivity (Wildman–Crippen MR) is 112 cm³/mol. The van der Waals surface area contributed by atoms with Crippen LogP contribution in [0.5, 0.6) is 0 Å². The van der Waals surface area contributed by atoms with Crippen molar-refractivity contribution >= 4 is 21.6 Å². The average molecular weight is 470 g/mol. The van der Waals surface area contributed by atoms with Gasteiger partial charge in [-0.2, -0.15) is 4.72 Å². The average Bonchev–Trinajstić information content (AvgIpc) is 3.14. The number of hydrogen-bond acceptors (Lipinski definition) is 6. The van der Waals surface area contributed by atoms with Gasteiger partial charge in [-0.15, -0.1) is 5.10 Å². The molecule has 2 aromatic carbocycles. The maximum Gasteiger partial charge on any atom is 0.434 e. The zero-order chi connectivity index (χ0) is 22.9. The Kier molecular flexibility index (Phi) is 6.65. The van der Waals surface area contributed by atoms with Crippen LogP contribution in [-0.4, -0.2) is 23.7 Å². The summed E-state index contributed by atoms with van der Waals surface area (Å²) in [4.78, 5) is 11.3. The highest BCUT2D eigenvalue weighted by atomic mass is 35.5. The first-order valence-electron chi connectivity index (χ1n) is 9.27. The van der Waals surface area contributed by atoms with Gasteiger partial charge in [0.2, 0.25) is 15.9 Å². The van der Waals surface area contributed by atoms with Crippen molar-refractivity contribution in [1.82, 2.24) is 14.9 Å². The van der Waals surface area contributed by atoms with Crippen molar-refractivity contribution < 1.29 is 22.3 Å². The van der Waals surface area contributed by atoms with Gasteiger partial charge >= 0.3 is 5.76 Å². The highest BCUT2D eigenvalue weighted by molar-refractivity contribution is 7.89. The van der Waals surface area contributed by atoms with Crippen LogP contribution in [0, 0.1) is 19.7 Å². The molecule has 0 aliphatic heterocycles. The van der Waals surface area contributed by atoms with Gasteiger partial charge in [0.05, 0.1) is 11.5 Å². The molecule has 0 aliphatic carbocycles. The van der Waals surface area contributed by atoms with Gasteiger partial charge < -0.3 is 9.52 Å². The van der Waals surface area contributed by atoms with Crippen LogP contribution in [-0.2, 0) is 16.6 Å². The molecule has 1 heterocycles. The molecule has 8 nitrogen and oxygen atoms in total. The van der Waals surface area contributed by atoms with E-state index in [-0.39, 0.29) is 26.9 Å². The molecule has 11 heteroatoms. The highest BCUT2D eigenvalue weighted by Crippen LogP contribution is 2.35. The summed E-state index contributed by atoms with van der Waals surface area (Å²) in [5, 5.41) is 15.7. The number of sulfonamides is 1. The van der Waals surface area contributed by atoms with Gasteiger partial charge in [-0.1, -0.05) is 24.6 Å². The standard InChI is InChI=1S/C20H21ClFN3O5S/c1-10-4-6-15(22)17(11(10)2)12(3)18(19-23-24-20(27)30-19)25-31(28,29)16-7-5-14(21)8-13(16)9-26/h4-8,12,18,25-26H,9H2,1-3H3,(H,24,27)/t12-,18+/m1/s1. The van der Waals surface area contributed by atoms with E-state index in [1.165, 1.54) is 24.3 Å². The minimum atomic E-state index is -4.25. The number of aliphatic hydroxyl groups is 1. The quantitative estimate of drug-likeness (QED) is 0.488. The molecule has 1 aromatic heterocycles. The van der Waals surface area contributed by atoms with Crippen molar-refractivity contribution in [3.8, 4) is 0 Å². The lowest BCUT2D eigenvalue weighted by Crippen LogP contribution is -2.33. The van der Waals surface area contributed by atoms with E-state index in [1.807, 2.05) is 0 Å². The summed E-state index contributed by atoms with van der Waals surface area (Å²) in [7, 11) is -4.25. The zero-order valence-corrected chi connectivity index (χ0v) is 18.5. The molecule has 3 rings (SSSR count). The Hall–Kier alpha value is -2.53. The summed E-state index contributed by atoms with van der Waals surface area (Å²) >= 11 is 5.90. The molecule has 0 aliphatic rings. The van der Waals surface area contributed by atoms with Gasteiger partial charge in [0.1, 0.15) is 11.9 Å². The summed E-state index contributed by atoms with van der Waals surface area (Å²) in [5.41, 5.74) is 1.79. The van der Waals surface area contributed by atoms with Crippen molar-refractivity contribution in [2.75, 3.05) is 0 Å². The number of aryl methyl sites for hydroxylation is 1. The second kappa shape index (κ2) is 8.91. The van der Waals surface area contributed by atoms with Crippen molar-refractivity contribution in [1.29, 1.82) is 0 Å². The molecule has 0 saturated carbocycles. The second-order valence-electron chi connectivity index (χ2n) is 7.15. The van der Waals surface area contributed by atoms with E-state index in [4.69, 9.17) is 16.0 Å². The predicted octanol–water partition coefficient (Wildman–Crippen LogP) is 3.09. The van der Waals surface area contributed by atoms with E-state index in [1.54, 1.807) is 26.8 Å². The fourth-order valence-corrected chi connectivity index (χ4v) is 5.11. The third-order valence-corrected chi connectivity index (χ3v) is 6.95. The maximum absolute atomic E-state index is 14.7. The number of aromatic amines is 1. The van der Waals surface area contributed by atoms with Crippen LogP contribution in [0.3, 0.4) is 0 Å². The SMILES string of the molecule is Cc1ccc(F)c([C@@H](C)[C@H](NS(=O)(=O)c2ccc(Cl)cc2CO)c2n[nH]c(=O)o2)c1C. The van der Waals surface area contributed by atoms with Crippen LogP contribution in [0.4, 0.5) is 4.39 Å². The van der Waals surface area contributed by atoms with Gasteiger partial charge in [0, 0.05) is 10.9 Å². The summed E-state index contributed by atoms with van der Waals surface area (Å²) in [6, 6.07) is 5.64. The lowest BCUT2D eigenvalue weighted by molar-refractivity contribution is 0.278. The molecular weight excluding hydrogens is 449 g/mol. The van der Waals surface area contributed by atoms with E-state index in [9.17, 15) is 22.7 Å². The number of aromatic nitrogens is 2. The van der Waals surface area contributed by atoms with E-state index in [2.05, 4.69) is 14.9 Å². The van der Waals surface area contributed by atoms with Crippen LogP contribution in [0.2, 0.25) is 5.02 Å². The Bertz CT molecular complexity index is 1270. The number of nitrogens with zero attached hydrogens (tertiary/aromatic N) is 1. The summed E-state index contributed by atoms with van der Waals surface area (Å²) in [5.74, 6) is -2.46. The normalized spacial score (nSPS) is 13.9. The Balaban J connectivity index is 2.12. The molecule has 0 saturated heterocycles. The number of hydrogen-bond donors (Lipinski definition) is 3. The first kappa shape index (κ1) is 23.1. The molecule has 3 aromatic rings. The number of H-pyrrole nitrogens is 1. The van der Waals surface area contributed by atoms with E-state index in [0.29, 0.717) is 5.56 Å². The monoisotopic (exact) mass is 469 g/mol. The van der Waals surface area contributed by atoms with Crippen LogP contribution in [0.15, 0.2) is 44.4 Å². The Morgan fingerprint density at radius 2 is 2.00 bits per heavy atom. The highest BCUT2D eigenvalue weighted by Gasteiger charge is 2.34. The van der Waals surface area contributed by atoms with Crippen molar-refractivity contribution in [3.63, 3.8) is 0 Å². The number of halogens is 2. The Morgan fingerprint density at radius 3 is 2.61 bits per heavy atom. The number of rotatable bonds is 7. The molecule has 0 fully saturated rings. The molecule has 3 N–H and O–H groups in total. The van der Waals surface area contributed by atoms with Crippen molar-refractivity contribution in [2.45, 2.75) is 44.2 Å². The topological polar surface area (TPSA) is 125 Å². The Morgan fingerprint density at radius 1 is 1.29 bits per heavy atom. The number of benzene rings is 2. The molecule has 0 amide bonds. The molecule has 31 heavy (non-hydrogen) atoms. The van der Waals surface area contributed by atoms with Crippen LogP contribution in [0.25, 0.3) is 0 Å². The van der Waals surface area contributed by atoms with E-state index in [0.717, 1.165) is 5.56 Å². The minimum Gasteiger partial charge on any atom is -0.392 e. The first-order chi connectivity index (χ1) is 14.5. The van der Waals surface area contributed by atoms with Crippen LogP contribution < -0.4 is 10.5 Å². The molecule has 166 valence electrons. The maximum atomic E-state index is 14.7. The van der Waals surface area contributed by atoms with Gasteiger partial charge in [-0.05, 0) is 60.4 Å². The van der Waals surface area contributed by atoms with Crippen LogP contribution >= 0.6 is 11.6 Å². The third kappa shape index (κ3) is 4.72. The molecule has 0 bridgehead atoms. The van der Waals surface area contributed by atoms with Crippen molar-refractivity contribution in [3.05, 3.63) is 79.9 Å². The number of aliphatic hydroxyl groups excluding tert-OH is 1.